The molecule has 19 heavy (non-hydrogen) atoms. The summed E-state index contributed by atoms with van der Waals surface area (Å²) in [5.41, 5.74) is 0. The summed E-state index contributed by atoms with van der Waals surface area (Å²) in [6.07, 6.45) is 15.7. The first-order valence-corrected chi connectivity index (χ1v) is 8.75. The van der Waals surface area contributed by atoms with Crippen molar-refractivity contribution in [3.05, 3.63) is 0 Å². The van der Waals surface area contributed by atoms with Crippen LogP contribution >= 0.6 is 0 Å². The van der Waals surface area contributed by atoms with Crippen molar-refractivity contribution in [2.75, 3.05) is 26.7 Å². The van der Waals surface area contributed by atoms with Crippen molar-refractivity contribution in [2.45, 2.75) is 83.6 Å². The molecule has 1 aliphatic heterocycles. The predicted octanol–water partition coefficient (Wildman–Crippen LogP) is 4.20. The minimum Gasteiger partial charge on any atom is -0.315 e. The molecule has 1 rings (SSSR count). The zero-order chi connectivity index (χ0) is 13.8. The van der Waals surface area contributed by atoms with Crippen LogP contribution in [0.3, 0.4) is 0 Å². The Morgan fingerprint density at radius 1 is 0.895 bits per heavy atom. The average molecular weight is 268 g/mol. The van der Waals surface area contributed by atoms with Crippen LogP contribution < -0.4 is 5.32 Å². The number of nitrogens with one attached hydrogen (secondary N) is 1. The van der Waals surface area contributed by atoms with Gasteiger partial charge in [0.2, 0.25) is 0 Å². The van der Waals surface area contributed by atoms with Crippen LogP contribution in [-0.2, 0) is 0 Å². The molecule has 0 bridgehead atoms. The van der Waals surface area contributed by atoms with E-state index in [0.29, 0.717) is 0 Å². The minimum atomic E-state index is 0.804. The highest BCUT2D eigenvalue weighted by Gasteiger charge is 2.17. The quantitative estimate of drug-likeness (QED) is 0.534. The summed E-state index contributed by atoms with van der Waals surface area (Å²) in [6.45, 7) is 6.00. The lowest BCUT2D eigenvalue weighted by atomic mass is 10.1. The van der Waals surface area contributed by atoms with Gasteiger partial charge >= 0.3 is 0 Å². The Kier molecular flexibility index (Phi) is 10.5. The summed E-state index contributed by atoms with van der Waals surface area (Å²) in [4.78, 5) is 2.56. The highest BCUT2D eigenvalue weighted by atomic mass is 15.2. The molecule has 1 saturated heterocycles. The summed E-state index contributed by atoms with van der Waals surface area (Å²) < 4.78 is 0. The number of hydrogen-bond donors (Lipinski definition) is 1. The van der Waals surface area contributed by atoms with Gasteiger partial charge in [-0.3, -0.25) is 0 Å². The third-order valence-electron chi connectivity index (χ3n) is 4.52. The van der Waals surface area contributed by atoms with Crippen molar-refractivity contribution in [1.29, 1.82) is 0 Å². The molecule has 1 heterocycles. The number of likely N-dealkylation sites (N-methyl/N-ethyl adjacent to an activating group) is 1. The maximum absolute atomic E-state index is 3.45. The van der Waals surface area contributed by atoms with E-state index in [1.807, 2.05) is 0 Å². The van der Waals surface area contributed by atoms with E-state index in [2.05, 4.69) is 24.2 Å². The summed E-state index contributed by atoms with van der Waals surface area (Å²) in [5, 5.41) is 3.45. The monoisotopic (exact) mass is 268 g/mol. The molecule has 0 aromatic carbocycles. The zero-order valence-electron chi connectivity index (χ0n) is 13.4. The molecule has 0 amide bonds. The van der Waals surface area contributed by atoms with Gasteiger partial charge in [-0.05, 0) is 33.0 Å². The normalized spacial score (nSPS) is 19.4. The van der Waals surface area contributed by atoms with Crippen LogP contribution in [0.1, 0.15) is 77.6 Å². The first kappa shape index (κ1) is 17.0. The number of rotatable bonds is 12. The van der Waals surface area contributed by atoms with Gasteiger partial charge in [-0.1, -0.05) is 64.7 Å². The smallest absolute Gasteiger partial charge is 0.0229 e. The molecular formula is C17H36N2. The predicted molar refractivity (Wildman–Crippen MR) is 85.7 cm³/mol. The van der Waals surface area contributed by atoms with Gasteiger partial charge in [-0.25, -0.2) is 0 Å². The van der Waals surface area contributed by atoms with Crippen LogP contribution in [0.4, 0.5) is 0 Å². The molecule has 0 aromatic heterocycles. The number of nitrogens with zero attached hydrogens (tertiary/aromatic N) is 1. The van der Waals surface area contributed by atoms with Crippen LogP contribution in [0, 0.1) is 0 Å². The average Bonchev–Trinajstić information content (AvgIpc) is 2.95. The highest BCUT2D eigenvalue weighted by molar-refractivity contribution is 4.78. The SMILES string of the molecule is CCCCCCCCCCCCN(C)C1CCNC1. The zero-order valence-corrected chi connectivity index (χ0v) is 13.4. The molecule has 1 aliphatic rings. The lowest BCUT2D eigenvalue weighted by Gasteiger charge is -2.23. The Balaban J connectivity index is 1.78. The van der Waals surface area contributed by atoms with Gasteiger partial charge in [0, 0.05) is 12.6 Å². The third kappa shape index (κ3) is 8.65. The molecule has 0 spiro atoms. The first-order chi connectivity index (χ1) is 9.34. The highest BCUT2D eigenvalue weighted by Crippen LogP contribution is 2.12. The minimum absolute atomic E-state index is 0.804. The lowest BCUT2D eigenvalue weighted by Crippen LogP contribution is -2.34. The third-order valence-corrected chi connectivity index (χ3v) is 4.52. The van der Waals surface area contributed by atoms with E-state index in [1.54, 1.807) is 0 Å². The lowest BCUT2D eigenvalue weighted by molar-refractivity contribution is 0.251. The van der Waals surface area contributed by atoms with Crippen molar-refractivity contribution in [2.24, 2.45) is 0 Å². The van der Waals surface area contributed by atoms with E-state index in [4.69, 9.17) is 0 Å². The number of unbranched alkanes of at least 4 members (excludes halogenated alkanes) is 9. The van der Waals surface area contributed by atoms with Crippen LogP contribution in [0.15, 0.2) is 0 Å². The number of hydrogen-bond acceptors (Lipinski definition) is 2. The summed E-state index contributed by atoms with van der Waals surface area (Å²) in [5.74, 6) is 0. The van der Waals surface area contributed by atoms with Crippen LogP contribution in [0.2, 0.25) is 0 Å². The van der Waals surface area contributed by atoms with Crippen molar-refractivity contribution in [1.82, 2.24) is 10.2 Å². The van der Waals surface area contributed by atoms with E-state index in [9.17, 15) is 0 Å². The molecule has 0 saturated carbocycles. The molecular weight excluding hydrogens is 232 g/mol. The van der Waals surface area contributed by atoms with Crippen LogP contribution in [0.25, 0.3) is 0 Å². The maximum atomic E-state index is 3.45. The summed E-state index contributed by atoms with van der Waals surface area (Å²) in [6, 6.07) is 0.804. The van der Waals surface area contributed by atoms with Gasteiger partial charge in [0.05, 0.1) is 0 Å². The molecule has 114 valence electrons. The van der Waals surface area contributed by atoms with Crippen molar-refractivity contribution >= 4 is 0 Å². The van der Waals surface area contributed by atoms with E-state index in [-0.39, 0.29) is 0 Å². The Morgan fingerprint density at radius 3 is 2.00 bits per heavy atom. The van der Waals surface area contributed by atoms with Gasteiger partial charge in [-0.15, -0.1) is 0 Å². The van der Waals surface area contributed by atoms with E-state index >= 15 is 0 Å². The maximum Gasteiger partial charge on any atom is 0.0229 e. The standard InChI is InChI=1S/C17H36N2/c1-3-4-5-6-7-8-9-10-11-12-15-19(2)17-13-14-18-16-17/h17-18H,3-16H2,1-2H3. The molecule has 1 atom stereocenters. The fourth-order valence-corrected chi connectivity index (χ4v) is 3.05. The molecule has 2 nitrogen and oxygen atoms in total. The molecule has 0 radical (unpaired) electrons. The molecule has 0 aromatic rings. The fourth-order valence-electron chi connectivity index (χ4n) is 3.05. The Morgan fingerprint density at radius 2 is 1.47 bits per heavy atom. The second kappa shape index (κ2) is 11.7. The second-order valence-electron chi connectivity index (χ2n) is 6.31. The van der Waals surface area contributed by atoms with Gasteiger partial charge in [0.1, 0.15) is 0 Å². The molecule has 0 aliphatic carbocycles. The van der Waals surface area contributed by atoms with Gasteiger partial charge < -0.3 is 10.2 Å². The van der Waals surface area contributed by atoms with Gasteiger partial charge in [0.15, 0.2) is 0 Å². The van der Waals surface area contributed by atoms with E-state index < -0.39 is 0 Å². The molecule has 1 fully saturated rings. The van der Waals surface area contributed by atoms with E-state index in [1.165, 1.54) is 90.3 Å². The van der Waals surface area contributed by atoms with Crippen LogP contribution in [0.5, 0.6) is 0 Å². The largest absolute Gasteiger partial charge is 0.315 e. The topological polar surface area (TPSA) is 15.3 Å². The first-order valence-electron chi connectivity index (χ1n) is 8.75. The second-order valence-corrected chi connectivity index (χ2v) is 6.31. The molecule has 1 N–H and O–H groups in total. The van der Waals surface area contributed by atoms with E-state index in [0.717, 1.165) is 6.04 Å². The van der Waals surface area contributed by atoms with Gasteiger partial charge in [0.25, 0.3) is 0 Å². The Hall–Kier alpha value is -0.0800. The van der Waals surface area contributed by atoms with Crippen molar-refractivity contribution in [3.8, 4) is 0 Å². The van der Waals surface area contributed by atoms with Crippen LogP contribution in [-0.4, -0.2) is 37.6 Å². The summed E-state index contributed by atoms with van der Waals surface area (Å²) >= 11 is 0. The van der Waals surface area contributed by atoms with Gasteiger partial charge in [-0.2, -0.15) is 0 Å². The summed E-state index contributed by atoms with van der Waals surface area (Å²) in [7, 11) is 2.30. The Bertz CT molecular complexity index is 188. The Labute approximate surface area is 121 Å². The van der Waals surface area contributed by atoms with Crippen molar-refractivity contribution in [3.63, 3.8) is 0 Å². The molecule has 1 unspecified atom stereocenters. The van der Waals surface area contributed by atoms with Crippen molar-refractivity contribution < 1.29 is 0 Å². The molecule has 2 heteroatoms. The fraction of sp³-hybridized carbons (Fsp3) is 1.00.